The molecule has 2 N–H and O–H groups in total. The van der Waals surface area contributed by atoms with Crippen LogP contribution in [0.4, 0.5) is 0 Å². The topological polar surface area (TPSA) is 47.3 Å². The fourth-order valence-corrected chi connectivity index (χ4v) is 2.37. The zero-order valence-corrected chi connectivity index (χ0v) is 11.6. The zero-order chi connectivity index (χ0) is 12.8. The zero-order valence-electron chi connectivity index (χ0n) is 11.6. The molecular formula is C14H28N2O. The van der Waals surface area contributed by atoms with Gasteiger partial charge in [0.05, 0.1) is 6.10 Å². The van der Waals surface area contributed by atoms with Gasteiger partial charge in [0.15, 0.2) is 0 Å². The van der Waals surface area contributed by atoms with Crippen molar-refractivity contribution < 1.29 is 5.11 Å². The normalized spacial score (nSPS) is 20.8. The van der Waals surface area contributed by atoms with Gasteiger partial charge in [-0.3, -0.25) is 0 Å². The highest BCUT2D eigenvalue weighted by molar-refractivity contribution is 5.85. The Kier molecular flexibility index (Phi) is 6.14. The van der Waals surface area contributed by atoms with Gasteiger partial charge in [-0.1, -0.05) is 13.8 Å². The molecule has 0 aromatic heterocycles. The first kappa shape index (κ1) is 14.7. The number of aliphatic hydroxyl groups is 1. The summed E-state index contributed by atoms with van der Waals surface area (Å²) in [5.41, 5.74) is 0.539. The Labute approximate surface area is 106 Å². The van der Waals surface area contributed by atoms with Gasteiger partial charge in [0, 0.05) is 5.71 Å². The van der Waals surface area contributed by atoms with Crippen LogP contribution in [0, 0.1) is 17.2 Å². The van der Waals surface area contributed by atoms with E-state index in [1.54, 1.807) is 0 Å². The van der Waals surface area contributed by atoms with E-state index in [9.17, 15) is 5.11 Å². The van der Waals surface area contributed by atoms with Gasteiger partial charge >= 0.3 is 0 Å². The number of likely N-dealkylation sites (tertiary alicyclic amines) is 1. The van der Waals surface area contributed by atoms with Crippen LogP contribution in [0.15, 0.2) is 0 Å². The molecule has 1 saturated heterocycles. The predicted octanol–water partition coefficient (Wildman–Crippen LogP) is 2.54. The first-order valence-corrected chi connectivity index (χ1v) is 6.93. The summed E-state index contributed by atoms with van der Waals surface area (Å²) < 4.78 is 0. The fourth-order valence-electron chi connectivity index (χ4n) is 2.37. The maximum Gasteiger partial charge on any atom is 0.0916 e. The number of nitrogens with one attached hydrogen (secondary N) is 1. The summed E-state index contributed by atoms with van der Waals surface area (Å²) in [6.45, 7) is 6.60. The lowest BCUT2D eigenvalue weighted by atomic mass is 9.89. The monoisotopic (exact) mass is 240 g/mol. The number of hydrogen-bond donors (Lipinski definition) is 2. The van der Waals surface area contributed by atoms with Crippen molar-refractivity contribution >= 4 is 5.71 Å². The summed E-state index contributed by atoms with van der Waals surface area (Å²) in [4.78, 5) is 2.34. The average Bonchev–Trinajstić information content (AvgIpc) is 2.28. The second-order valence-electron chi connectivity index (χ2n) is 5.96. The molecule has 100 valence electrons. The number of hydrogen-bond acceptors (Lipinski definition) is 3. The van der Waals surface area contributed by atoms with E-state index in [4.69, 9.17) is 5.41 Å². The van der Waals surface area contributed by atoms with Crippen molar-refractivity contribution in [3.63, 3.8) is 0 Å². The molecular weight excluding hydrogens is 212 g/mol. The first-order valence-electron chi connectivity index (χ1n) is 6.93. The Bertz CT molecular complexity index is 232. The van der Waals surface area contributed by atoms with Crippen molar-refractivity contribution in [3.8, 4) is 0 Å². The van der Waals surface area contributed by atoms with Crippen molar-refractivity contribution in [2.75, 3.05) is 20.1 Å². The minimum absolute atomic E-state index is 0.498. The van der Waals surface area contributed by atoms with Crippen LogP contribution in [0.25, 0.3) is 0 Å². The van der Waals surface area contributed by atoms with Crippen LogP contribution in [-0.4, -0.2) is 42.0 Å². The van der Waals surface area contributed by atoms with Gasteiger partial charge in [0.2, 0.25) is 0 Å². The molecule has 3 nitrogen and oxygen atoms in total. The van der Waals surface area contributed by atoms with Crippen molar-refractivity contribution in [2.45, 2.75) is 52.1 Å². The van der Waals surface area contributed by atoms with Crippen molar-refractivity contribution in [2.24, 2.45) is 11.8 Å². The molecule has 1 aliphatic heterocycles. The molecule has 0 bridgehead atoms. The van der Waals surface area contributed by atoms with Gasteiger partial charge in [0.25, 0.3) is 0 Å². The van der Waals surface area contributed by atoms with E-state index in [1.165, 1.54) is 12.8 Å². The number of piperidine rings is 1. The molecule has 17 heavy (non-hydrogen) atoms. The molecule has 1 atom stereocenters. The quantitative estimate of drug-likeness (QED) is 0.701. The first-order chi connectivity index (χ1) is 7.99. The molecule has 1 rings (SSSR count). The Balaban J connectivity index is 2.23. The van der Waals surface area contributed by atoms with Crippen molar-refractivity contribution in [1.82, 2.24) is 4.90 Å². The Hall–Kier alpha value is -0.410. The Morgan fingerprint density at radius 2 is 1.94 bits per heavy atom. The third-order valence-corrected chi connectivity index (χ3v) is 3.79. The van der Waals surface area contributed by atoms with Gasteiger partial charge in [-0.15, -0.1) is 0 Å². The van der Waals surface area contributed by atoms with Crippen molar-refractivity contribution in [1.29, 1.82) is 5.41 Å². The minimum Gasteiger partial charge on any atom is -0.387 e. The molecule has 0 saturated carbocycles. The maximum absolute atomic E-state index is 10.0. The molecule has 3 heteroatoms. The standard InChI is InChI=1S/C14H28N2O/c1-11(2)4-5-13(15)14(17)10-12-6-8-16(3)9-7-12/h11-12,14-15,17H,4-10H2,1-3H3. The number of rotatable bonds is 6. The molecule has 0 aliphatic carbocycles. The molecule has 1 fully saturated rings. The van der Waals surface area contributed by atoms with E-state index < -0.39 is 6.10 Å². The number of aliphatic hydroxyl groups excluding tert-OH is 1. The molecule has 0 aromatic carbocycles. The van der Waals surface area contributed by atoms with Gasteiger partial charge < -0.3 is 15.4 Å². The third kappa shape index (κ3) is 5.64. The summed E-state index contributed by atoms with van der Waals surface area (Å²) in [6.07, 6.45) is 4.41. The van der Waals surface area contributed by atoms with Crippen LogP contribution in [0.3, 0.4) is 0 Å². The lowest BCUT2D eigenvalue weighted by molar-refractivity contribution is 0.153. The highest BCUT2D eigenvalue weighted by atomic mass is 16.3. The highest BCUT2D eigenvalue weighted by Crippen LogP contribution is 2.22. The van der Waals surface area contributed by atoms with Gasteiger partial charge in [-0.25, -0.2) is 0 Å². The van der Waals surface area contributed by atoms with E-state index in [1.807, 2.05) is 0 Å². The van der Waals surface area contributed by atoms with Crippen LogP contribution < -0.4 is 0 Å². The number of nitrogens with zero attached hydrogens (tertiary/aromatic N) is 1. The summed E-state index contributed by atoms with van der Waals surface area (Å²) >= 11 is 0. The maximum atomic E-state index is 10.0. The average molecular weight is 240 g/mol. The molecule has 0 amide bonds. The summed E-state index contributed by atoms with van der Waals surface area (Å²) in [6, 6.07) is 0. The van der Waals surface area contributed by atoms with Crippen LogP contribution in [-0.2, 0) is 0 Å². The predicted molar refractivity (Wildman–Crippen MR) is 72.6 cm³/mol. The smallest absolute Gasteiger partial charge is 0.0916 e. The van der Waals surface area contributed by atoms with E-state index in [2.05, 4.69) is 25.8 Å². The molecule has 0 aromatic rings. The van der Waals surface area contributed by atoms with E-state index in [0.717, 1.165) is 32.4 Å². The summed E-state index contributed by atoms with van der Waals surface area (Å²) in [5, 5.41) is 17.9. The fraction of sp³-hybridized carbons (Fsp3) is 0.929. The van der Waals surface area contributed by atoms with E-state index in [-0.39, 0.29) is 0 Å². The Morgan fingerprint density at radius 1 is 1.35 bits per heavy atom. The molecule has 0 spiro atoms. The van der Waals surface area contributed by atoms with Gasteiger partial charge in [-0.2, -0.15) is 0 Å². The van der Waals surface area contributed by atoms with E-state index in [0.29, 0.717) is 17.5 Å². The molecule has 1 aliphatic rings. The molecule has 1 heterocycles. The van der Waals surface area contributed by atoms with Gasteiger partial charge in [-0.05, 0) is 64.1 Å². The largest absolute Gasteiger partial charge is 0.387 e. The molecule has 0 radical (unpaired) electrons. The SMILES string of the molecule is CC(C)CCC(=N)C(O)CC1CCN(C)CC1. The van der Waals surface area contributed by atoms with Crippen LogP contribution in [0.2, 0.25) is 0 Å². The van der Waals surface area contributed by atoms with Crippen LogP contribution >= 0.6 is 0 Å². The van der Waals surface area contributed by atoms with Crippen molar-refractivity contribution in [3.05, 3.63) is 0 Å². The lowest BCUT2D eigenvalue weighted by Crippen LogP contribution is -2.33. The van der Waals surface area contributed by atoms with E-state index >= 15 is 0 Å². The second kappa shape index (κ2) is 7.12. The highest BCUT2D eigenvalue weighted by Gasteiger charge is 2.21. The molecule has 1 unspecified atom stereocenters. The van der Waals surface area contributed by atoms with Crippen LogP contribution in [0.1, 0.15) is 46.0 Å². The summed E-state index contributed by atoms with van der Waals surface area (Å²) in [7, 11) is 2.15. The minimum atomic E-state index is -0.498. The lowest BCUT2D eigenvalue weighted by Gasteiger charge is -2.30. The Morgan fingerprint density at radius 3 is 2.47 bits per heavy atom. The second-order valence-corrected chi connectivity index (χ2v) is 5.96. The third-order valence-electron chi connectivity index (χ3n) is 3.79. The summed E-state index contributed by atoms with van der Waals surface area (Å²) in [5.74, 6) is 1.23. The van der Waals surface area contributed by atoms with Crippen LogP contribution in [0.5, 0.6) is 0 Å². The van der Waals surface area contributed by atoms with Gasteiger partial charge in [0.1, 0.15) is 0 Å².